The summed E-state index contributed by atoms with van der Waals surface area (Å²) in [6.45, 7) is 7.48. The van der Waals surface area contributed by atoms with Crippen molar-refractivity contribution in [3.05, 3.63) is 64.8 Å². The number of aromatic nitrogens is 1. The van der Waals surface area contributed by atoms with Gasteiger partial charge in [0.25, 0.3) is 0 Å². The first-order chi connectivity index (χ1) is 10.9. The number of rotatable bonds is 5. The van der Waals surface area contributed by atoms with E-state index in [0.717, 1.165) is 11.1 Å². The molecule has 1 N–H and O–H groups in total. The maximum atomic E-state index is 11.6. The molecule has 1 atom stereocenters. The van der Waals surface area contributed by atoms with Crippen molar-refractivity contribution in [2.45, 2.75) is 20.0 Å². The third-order valence-electron chi connectivity index (χ3n) is 3.37. The number of hydrogen-bond acceptors (Lipinski definition) is 4. The first kappa shape index (κ1) is 17.2. The van der Waals surface area contributed by atoms with E-state index >= 15 is 0 Å². The molecule has 0 bridgehead atoms. The Balaban J connectivity index is 2.24. The van der Waals surface area contributed by atoms with Gasteiger partial charge >= 0.3 is 5.97 Å². The van der Waals surface area contributed by atoms with Gasteiger partial charge < -0.3 is 9.84 Å². The van der Waals surface area contributed by atoms with E-state index in [1.807, 2.05) is 25.1 Å². The van der Waals surface area contributed by atoms with E-state index in [-0.39, 0.29) is 12.2 Å². The highest BCUT2D eigenvalue weighted by molar-refractivity contribution is 6.33. The van der Waals surface area contributed by atoms with E-state index in [0.29, 0.717) is 16.3 Å². The van der Waals surface area contributed by atoms with Gasteiger partial charge in [0.1, 0.15) is 6.10 Å². The molecule has 0 saturated carbocycles. The Morgan fingerprint density at radius 2 is 2.13 bits per heavy atom. The molecule has 0 radical (unpaired) electrons. The highest BCUT2D eigenvalue weighted by atomic mass is 35.5. The van der Waals surface area contributed by atoms with Gasteiger partial charge in [0.2, 0.25) is 0 Å². The minimum atomic E-state index is -1.15. The largest absolute Gasteiger partial charge is 0.463 e. The maximum absolute atomic E-state index is 11.6. The summed E-state index contributed by atoms with van der Waals surface area (Å²) in [5, 5.41) is 10.8. The summed E-state index contributed by atoms with van der Waals surface area (Å²) in [5.74, 6) is -0.620. The van der Waals surface area contributed by atoms with Gasteiger partial charge in [0, 0.05) is 22.3 Å². The second kappa shape index (κ2) is 7.40. The number of esters is 1. The number of hydrogen-bond donors (Lipinski definition) is 1. The average molecular weight is 332 g/mol. The van der Waals surface area contributed by atoms with Crippen molar-refractivity contribution in [2.24, 2.45) is 0 Å². The molecule has 2 rings (SSSR count). The molecule has 1 heterocycles. The Morgan fingerprint density at radius 1 is 1.39 bits per heavy atom. The molecule has 1 aromatic carbocycles. The van der Waals surface area contributed by atoms with Crippen molar-refractivity contribution in [2.75, 3.05) is 6.61 Å². The lowest BCUT2D eigenvalue weighted by Crippen LogP contribution is -2.13. The van der Waals surface area contributed by atoms with Crippen molar-refractivity contribution < 1.29 is 14.6 Å². The molecule has 0 amide bonds. The number of pyridine rings is 1. The molecule has 1 aromatic heterocycles. The summed E-state index contributed by atoms with van der Waals surface area (Å²) < 4.78 is 4.83. The van der Waals surface area contributed by atoms with Crippen molar-refractivity contribution in [3.63, 3.8) is 0 Å². The number of ether oxygens (including phenoxy) is 1. The normalized spacial score (nSPS) is 11.8. The van der Waals surface area contributed by atoms with E-state index in [1.54, 1.807) is 19.1 Å². The van der Waals surface area contributed by atoms with E-state index in [4.69, 9.17) is 16.3 Å². The number of carbonyl (C=O) groups is 1. The van der Waals surface area contributed by atoms with Crippen molar-refractivity contribution in [1.29, 1.82) is 0 Å². The van der Waals surface area contributed by atoms with Crippen LogP contribution in [-0.2, 0) is 9.53 Å². The molecule has 0 saturated heterocycles. The van der Waals surface area contributed by atoms with Gasteiger partial charge in [-0.25, -0.2) is 4.79 Å². The van der Waals surface area contributed by atoms with Gasteiger partial charge in [0.15, 0.2) is 0 Å². The molecule has 1 unspecified atom stereocenters. The number of aliphatic hydroxyl groups excluding tert-OH is 1. The number of nitrogens with zero attached hydrogens (tertiary/aromatic N) is 1. The monoisotopic (exact) mass is 331 g/mol. The molecule has 4 nitrogen and oxygen atoms in total. The summed E-state index contributed by atoms with van der Waals surface area (Å²) in [7, 11) is 0. The first-order valence-electron chi connectivity index (χ1n) is 7.20. The quantitative estimate of drug-likeness (QED) is 0.667. The molecule has 0 aliphatic rings. The average Bonchev–Trinajstić information content (AvgIpc) is 2.56. The Labute approximate surface area is 140 Å². The molecule has 0 aliphatic heterocycles. The van der Waals surface area contributed by atoms with Crippen LogP contribution in [0.2, 0.25) is 5.02 Å². The second-order valence-corrected chi connectivity index (χ2v) is 5.52. The fraction of sp³-hybridized carbons (Fsp3) is 0.222. The fourth-order valence-corrected chi connectivity index (χ4v) is 2.31. The van der Waals surface area contributed by atoms with Crippen LogP contribution in [0.25, 0.3) is 11.3 Å². The van der Waals surface area contributed by atoms with E-state index in [1.165, 1.54) is 6.20 Å². The van der Waals surface area contributed by atoms with Gasteiger partial charge in [-0.1, -0.05) is 35.9 Å². The van der Waals surface area contributed by atoms with Crippen LogP contribution in [0, 0.1) is 6.92 Å². The molecule has 5 heteroatoms. The van der Waals surface area contributed by atoms with Crippen molar-refractivity contribution in [3.8, 4) is 11.3 Å². The number of carbonyl (C=O) groups excluding carboxylic acids is 1. The topological polar surface area (TPSA) is 59.4 Å². The molecule has 23 heavy (non-hydrogen) atoms. The first-order valence-corrected chi connectivity index (χ1v) is 7.58. The fourth-order valence-electron chi connectivity index (χ4n) is 2.10. The van der Waals surface area contributed by atoms with Gasteiger partial charge in [-0.2, -0.15) is 0 Å². The van der Waals surface area contributed by atoms with Gasteiger partial charge in [-0.3, -0.25) is 4.98 Å². The number of aryl methyl sites for hydroxylation is 1. The van der Waals surface area contributed by atoms with Crippen LogP contribution in [0.15, 0.2) is 48.7 Å². The van der Waals surface area contributed by atoms with Crippen LogP contribution < -0.4 is 0 Å². The van der Waals surface area contributed by atoms with Crippen LogP contribution in [0.5, 0.6) is 0 Å². The van der Waals surface area contributed by atoms with Crippen LogP contribution in [0.3, 0.4) is 0 Å². The number of halogens is 1. The van der Waals surface area contributed by atoms with E-state index in [9.17, 15) is 9.90 Å². The Hall–Kier alpha value is -2.17. The maximum Gasteiger partial charge on any atom is 0.336 e. The summed E-state index contributed by atoms with van der Waals surface area (Å²) in [6.07, 6.45) is 0.354. The predicted molar refractivity (Wildman–Crippen MR) is 90.2 cm³/mol. The Morgan fingerprint density at radius 3 is 2.74 bits per heavy atom. The van der Waals surface area contributed by atoms with E-state index in [2.05, 4.69) is 11.6 Å². The summed E-state index contributed by atoms with van der Waals surface area (Å²) in [4.78, 5) is 15.9. The van der Waals surface area contributed by atoms with Gasteiger partial charge in [-0.15, -0.1) is 0 Å². The summed E-state index contributed by atoms with van der Waals surface area (Å²) in [5.41, 5.74) is 3.03. The van der Waals surface area contributed by atoms with E-state index < -0.39 is 12.1 Å². The van der Waals surface area contributed by atoms with Gasteiger partial charge in [0.05, 0.1) is 17.9 Å². The van der Waals surface area contributed by atoms with Crippen LogP contribution in [0.1, 0.15) is 24.2 Å². The molecule has 0 aliphatic carbocycles. The molecule has 2 aromatic rings. The van der Waals surface area contributed by atoms with Crippen molar-refractivity contribution in [1.82, 2.24) is 4.98 Å². The molecule has 0 fully saturated rings. The minimum Gasteiger partial charge on any atom is -0.463 e. The lowest BCUT2D eigenvalue weighted by atomic mass is 10.0. The summed E-state index contributed by atoms with van der Waals surface area (Å²) in [6, 6.07) is 9.12. The molecular formula is C18H18ClNO3. The third-order valence-corrected chi connectivity index (χ3v) is 3.70. The third kappa shape index (κ3) is 3.97. The Bertz CT molecular complexity index is 726. The minimum absolute atomic E-state index is 0.0185. The number of aliphatic hydroxyl groups is 1. The van der Waals surface area contributed by atoms with Crippen molar-refractivity contribution >= 4 is 17.6 Å². The Kier molecular flexibility index (Phi) is 5.53. The van der Waals surface area contributed by atoms with Gasteiger partial charge in [-0.05, 0) is 32.0 Å². The SMILES string of the molecule is C=C(C(=O)OCC)C(O)c1ccc(-c2cc(C)ccc2Cl)nc1. The van der Waals surface area contributed by atoms with Crippen LogP contribution in [0.4, 0.5) is 0 Å². The highest BCUT2D eigenvalue weighted by Gasteiger charge is 2.20. The lowest BCUT2D eigenvalue weighted by molar-refractivity contribution is -0.139. The zero-order valence-electron chi connectivity index (χ0n) is 13.0. The second-order valence-electron chi connectivity index (χ2n) is 5.11. The molecule has 0 spiro atoms. The zero-order valence-corrected chi connectivity index (χ0v) is 13.8. The zero-order chi connectivity index (χ0) is 17.0. The standard InChI is InChI=1S/C18H18ClNO3/c1-4-23-18(22)12(3)17(21)13-6-8-16(20-10-13)14-9-11(2)5-7-15(14)19/h5-10,17,21H,3-4H2,1-2H3. The van der Waals surface area contributed by atoms with Crippen LogP contribution in [-0.4, -0.2) is 22.7 Å². The lowest BCUT2D eigenvalue weighted by Gasteiger charge is -2.13. The molecule has 120 valence electrons. The highest BCUT2D eigenvalue weighted by Crippen LogP contribution is 2.29. The predicted octanol–water partition coefficient (Wildman–Crippen LogP) is 3.86. The molecular weight excluding hydrogens is 314 g/mol. The number of benzene rings is 1. The smallest absolute Gasteiger partial charge is 0.336 e. The summed E-state index contributed by atoms with van der Waals surface area (Å²) >= 11 is 6.20. The van der Waals surface area contributed by atoms with Crippen LogP contribution >= 0.6 is 11.6 Å².